The number of nitrogens with zero attached hydrogens (tertiary/aromatic N) is 2. The van der Waals surface area contributed by atoms with Gasteiger partial charge in [0.1, 0.15) is 0 Å². The molecular formula is C11H8N4O3. The number of hydrogen-bond acceptors (Lipinski definition) is 4. The molecule has 3 aromatic rings. The minimum atomic E-state index is -0.521. The van der Waals surface area contributed by atoms with Crippen LogP contribution in [0.2, 0.25) is 0 Å². The van der Waals surface area contributed by atoms with Crippen molar-refractivity contribution >= 4 is 5.69 Å². The van der Waals surface area contributed by atoms with Crippen molar-refractivity contribution in [3.05, 3.63) is 47.0 Å². The Hall–Kier alpha value is -2.83. The Balaban J connectivity index is 2.03. The van der Waals surface area contributed by atoms with Crippen LogP contribution in [0.25, 0.3) is 22.6 Å². The zero-order valence-electron chi connectivity index (χ0n) is 9.08. The van der Waals surface area contributed by atoms with Crippen molar-refractivity contribution in [3.8, 4) is 22.6 Å². The molecule has 3 heterocycles. The molecule has 3 aromatic heterocycles. The van der Waals surface area contributed by atoms with Crippen LogP contribution in [-0.2, 0) is 0 Å². The van der Waals surface area contributed by atoms with Gasteiger partial charge in [0.25, 0.3) is 0 Å². The van der Waals surface area contributed by atoms with Crippen LogP contribution < -0.4 is 0 Å². The normalized spacial score (nSPS) is 10.7. The minimum Gasteiger partial charge on any atom is -0.360 e. The van der Waals surface area contributed by atoms with Gasteiger partial charge in [0.15, 0.2) is 5.69 Å². The van der Waals surface area contributed by atoms with Crippen molar-refractivity contribution < 1.29 is 9.45 Å². The first-order valence-electron chi connectivity index (χ1n) is 5.17. The molecule has 0 unspecified atom stereocenters. The Labute approximate surface area is 101 Å². The second-order valence-corrected chi connectivity index (χ2v) is 3.69. The van der Waals surface area contributed by atoms with Gasteiger partial charge in [0, 0.05) is 18.0 Å². The standard InChI is InChI=1S/C11H8N4O3/c16-15(17)10-6-18-14-11(10)7-4-9(13-5-7)8-2-1-3-12-8/h1-6,12-13H. The van der Waals surface area contributed by atoms with E-state index in [2.05, 4.69) is 19.6 Å². The third-order valence-corrected chi connectivity index (χ3v) is 2.59. The van der Waals surface area contributed by atoms with Crippen molar-refractivity contribution in [2.45, 2.75) is 0 Å². The molecule has 0 saturated heterocycles. The first-order valence-corrected chi connectivity index (χ1v) is 5.17. The fourth-order valence-electron chi connectivity index (χ4n) is 1.75. The highest BCUT2D eigenvalue weighted by molar-refractivity contribution is 5.72. The van der Waals surface area contributed by atoms with Gasteiger partial charge in [0.05, 0.1) is 16.3 Å². The maximum atomic E-state index is 10.8. The second kappa shape index (κ2) is 3.88. The average Bonchev–Trinajstić information content (AvgIpc) is 3.10. The number of hydrogen-bond donors (Lipinski definition) is 2. The molecular weight excluding hydrogens is 236 g/mol. The van der Waals surface area contributed by atoms with E-state index in [1.165, 1.54) is 0 Å². The lowest BCUT2D eigenvalue weighted by Gasteiger charge is -1.90. The molecule has 0 amide bonds. The Kier molecular flexibility index (Phi) is 2.23. The Morgan fingerprint density at radius 1 is 1.33 bits per heavy atom. The predicted octanol–water partition coefficient (Wildman–Crippen LogP) is 2.57. The van der Waals surface area contributed by atoms with Gasteiger partial charge in [-0.15, -0.1) is 0 Å². The first kappa shape index (κ1) is 10.3. The molecule has 0 aromatic carbocycles. The van der Waals surface area contributed by atoms with Crippen LogP contribution in [0.3, 0.4) is 0 Å². The van der Waals surface area contributed by atoms with Gasteiger partial charge in [-0.25, -0.2) is 0 Å². The van der Waals surface area contributed by atoms with E-state index in [1.54, 1.807) is 18.5 Å². The summed E-state index contributed by atoms with van der Waals surface area (Å²) in [6, 6.07) is 5.54. The maximum Gasteiger partial charge on any atom is 0.336 e. The fraction of sp³-hybridized carbons (Fsp3) is 0. The van der Waals surface area contributed by atoms with Crippen molar-refractivity contribution in [1.29, 1.82) is 0 Å². The molecule has 0 aliphatic carbocycles. The van der Waals surface area contributed by atoms with Gasteiger partial charge >= 0.3 is 5.69 Å². The second-order valence-electron chi connectivity index (χ2n) is 3.69. The zero-order chi connectivity index (χ0) is 12.5. The number of aromatic amines is 2. The molecule has 2 N–H and O–H groups in total. The van der Waals surface area contributed by atoms with E-state index in [4.69, 9.17) is 0 Å². The highest BCUT2D eigenvalue weighted by Gasteiger charge is 2.21. The van der Waals surface area contributed by atoms with Gasteiger partial charge in [-0.2, -0.15) is 0 Å². The summed E-state index contributed by atoms with van der Waals surface area (Å²) in [5, 5.41) is 14.4. The quantitative estimate of drug-likeness (QED) is 0.546. The molecule has 0 fully saturated rings. The molecule has 0 atom stereocenters. The van der Waals surface area contributed by atoms with Crippen molar-refractivity contribution in [3.63, 3.8) is 0 Å². The van der Waals surface area contributed by atoms with Gasteiger partial charge in [0.2, 0.25) is 6.26 Å². The van der Waals surface area contributed by atoms with E-state index in [1.807, 2.05) is 12.1 Å². The lowest BCUT2D eigenvalue weighted by Crippen LogP contribution is -1.87. The molecule has 0 radical (unpaired) electrons. The smallest absolute Gasteiger partial charge is 0.336 e. The van der Waals surface area contributed by atoms with Gasteiger partial charge < -0.3 is 14.5 Å². The molecule has 7 heteroatoms. The van der Waals surface area contributed by atoms with Crippen LogP contribution >= 0.6 is 0 Å². The summed E-state index contributed by atoms with van der Waals surface area (Å²) < 4.78 is 4.65. The van der Waals surface area contributed by atoms with E-state index in [-0.39, 0.29) is 11.4 Å². The van der Waals surface area contributed by atoms with Crippen LogP contribution in [0.15, 0.2) is 41.4 Å². The van der Waals surface area contributed by atoms with Gasteiger partial charge in [-0.1, -0.05) is 5.16 Å². The third-order valence-electron chi connectivity index (χ3n) is 2.59. The molecule has 0 saturated carbocycles. The highest BCUT2D eigenvalue weighted by atomic mass is 16.6. The Bertz CT molecular complexity index is 681. The number of nitro groups is 1. The molecule has 7 nitrogen and oxygen atoms in total. The minimum absolute atomic E-state index is 0.146. The van der Waals surface area contributed by atoms with Gasteiger partial charge in [-0.05, 0) is 18.2 Å². The van der Waals surface area contributed by atoms with E-state index in [0.29, 0.717) is 5.56 Å². The summed E-state index contributed by atoms with van der Waals surface area (Å²) in [5.41, 5.74) is 2.40. The van der Waals surface area contributed by atoms with Crippen LogP contribution in [0, 0.1) is 10.1 Å². The highest BCUT2D eigenvalue weighted by Crippen LogP contribution is 2.30. The molecule has 18 heavy (non-hydrogen) atoms. The summed E-state index contributed by atoms with van der Waals surface area (Å²) in [7, 11) is 0. The lowest BCUT2D eigenvalue weighted by molar-refractivity contribution is -0.384. The third kappa shape index (κ3) is 1.58. The monoisotopic (exact) mass is 244 g/mol. The van der Waals surface area contributed by atoms with Crippen LogP contribution in [0.4, 0.5) is 5.69 Å². The molecule has 0 aliphatic rings. The zero-order valence-corrected chi connectivity index (χ0v) is 9.08. The van der Waals surface area contributed by atoms with E-state index in [0.717, 1.165) is 17.7 Å². The summed E-state index contributed by atoms with van der Waals surface area (Å²) in [5.74, 6) is 0. The maximum absolute atomic E-state index is 10.8. The fourth-order valence-corrected chi connectivity index (χ4v) is 1.75. The van der Waals surface area contributed by atoms with E-state index >= 15 is 0 Å². The van der Waals surface area contributed by atoms with Crippen molar-refractivity contribution in [1.82, 2.24) is 15.1 Å². The summed E-state index contributed by atoms with van der Waals surface area (Å²) in [6.45, 7) is 0. The predicted molar refractivity (Wildman–Crippen MR) is 62.7 cm³/mol. The molecule has 0 spiro atoms. The number of nitrogens with one attached hydrogen (secondary N) is 2. The van der Waals surface area contributed by atoms with E-state index < -0.39 is 4.92 Å². The molecule has 3 rings (SSSR count). The van der Waals surface area contributed by atoms with Crippen LogP contribution in [0.1, 0.15) is 0 Å². The summed E-state index contributed by atoms with van der Waals surface area (Å²) in [4.78, 5) is 16.3. The van der Waals surface area contributed by atoms with Crippen LogP contribution in [0.5, 0.6) is 0 Å². The Morgan fingerprint density at radius 2 is 2.22 bits per heavy atom. The largest absolute Gasteiger partial charge is 0.360 e. The number of aromatic nitrogens is 3. The molecule has 90 valence electrons. The lowest BCUT2D eigenvalue weighted by atomic mass is 10.2. The van der Waals surface area contributed by atoms with Crippen molar-refractivity contribution in [2.24, 2.45) is 0 Å². The average molecular weight is 244 g/mol. The summed E-state index contributed by atoms with van der Waals surface area (Å²) >= 11 is 0. The first-order chi connectivity index (χ1) is 8.75. The topological polar surface area (TPSA) is 101 Å². The van der Waals surface area contributed by atoms with Gasteiger partial charge in [-0.3, -0.25) is 10.1 Å². The summed E-state index contributed by atoms with van der Waals surface area (Å²) in [6.07, 6.45) is 4.48. The van der Waals surface area contributed by atoms with E-state index in [9.17, 15) is 10.1 Å². The number of H-pyrrole nitrogens is 2. The van der Waals surface area contributed by atoms with Crippen LogP contribution in [-0.4, -0.2) is 20.0 Å². The molecule has 0 bridgehead atoms. The Morgan fingerprint density at radius 3 is 2.94 bits per heavy atom. The number of rotatable bonds is 3. The van der Waals surface area contributed by atoms with Crippen molar-refractivity contribution in [2.75, 3.05) is 0 Å². The SMILES string of the molecule is O=[N+]([O-])c1conc1-c1c[nH]c(-c2ccc[nH]2)c1. The molecule has 0 aliphatic heterocycles.